The molecule has 0 fully saturated rings. The maximum absolute atomic E-state index is 12.2. The van der Waals surface area contributed by atoms with Crippen LogP contribution in [-0.2, 0) is 0 Å². The molecule has 1 aromatic heterocycles. The van der Waals surface area contributed by atoms with Crippen LogP contribution in [-0.4, -0.2) is 10.1 Å². The molecule has 66 valence electrons. The van der Waals surface area contributed by atoms with E-state index in [2.05, 4.69) is 20.9 Å². The molecule has 0 unspecified atom stereocenters. The van der Waals surface area contributed by atoms with Gasteiger partial charge in [-0.3, -0.25) is 0 Å². The van der Waals surface area contributed by atoms with E-state index in [1.165, 1.54) is 0 Å². The van der Waals surface area contributed by atoms with Gasteiger partial charge >= 0.3 is 0 Å². The topological polar surface area (TPSA) is 33.1 Å². The summed E-state index contributed by atoms with van der Waals surface area (Å²) in [6.07, 6.45) is -1.57. The van der Waals surface area contributed by atoms with Crippen molar-refractivity contribution in [2.24, 2.45) is 0 Å². The van der Waals surface area contributed by atoms with E-state index in [9.17, 15) is 13.9 Å². The lowest BCUT2D eigenvalue weighted by Crippen LogP contribution is -1.92. The molecule has 0 radical (unpaired) electrons. The largest absolute Gasteiger partial charge is 0.504 e. The predicted octanol–water partition coefficient (Wildman–Crippen LogP) is 3.09. The zero-order chi connectivity index (χ0) is 9.30. The highest BCUT2D eigenvalue weighted by atomic mass is 127. The Bertz CT molecular complexity index is 308. The fourth-order valence-corrected chi connectivity index (χ4v) is 1.92. The van der Waals surface area contributed by atoms with Crippen LogP contribution in [0, 0.1) is 3.57 Å². The van der Waals surface area contributed by atoms with Crippen molar-refractivity contribution < 1.29 is 13.9 Å². The van der Waals surface area contributed by atoms with Gasteiger partial charge in [-0.15, -0.1) is 0 Å². The Balaban J connectivity index is 3.27. The third-order valence-electron chi connectivity index (χ3n) is 1.21. The quantitative estimate of drug-likeness (QED) is 0.624. The molecular weight excluding hydrogens is 347 g/mol. The summed E-state index contributed by atoms with van der Waals surface area (Å²) in [5.74, 6) is -0.242. The van der Waals surface area contributed by atoms with Crippen LogP contribution in [0.2, 0.25) is 0 Å². The molecule has 12 heavy (non-hydrogen) atoms. The maximum atomic E-state index is 12.2. The van der Waals surface area contributed by atoms with Crippen LogP contribution in [0.25, 0.3) is 0 Å². The summed E-state index contributed by atoms with van der Waals surface area (Å²) < 4.78 is 24.6. The first-order valence-corrected chi connectivity index (χ1v) is 4.72. The fraction of sp³-hybridized carbons (Fsp3) is 0.167. The highest BCUT2D eigenvalue weighted by molar-refractivity contribution is 14.1. The lowest BCUT2D eigenvalue weighted by Gasteiger charge is -2.04. The number of pyridine rings is 1. The van der Waals surface area contributed by atoms with Crippen LogP contribution in [0.5, 0.6) is 5.75 Å². The highest BCUT2D eigenvalue weighted by Crippen LogP contribution is 2.33. The normalized spacial score (nSPS) is 10.8. The van der Waals surface area contributed by atoms with Gasteiger partial charge in [0.05, 0.1) is 9.13 Å². The molecule has 6 heteroatoms. The van der Waals surface area contributed by atoms with Gasteiger partial charge in [0.2, 0.25) is 0 Å². The van der Waals surface area contributed by atoms with Gasteiger partial charge in [0.1, 0.15) is 4.60 Å². The Morgan fingerprint density at radius 1 is 1.58 bits per heavy atom. The van der Waals surface area contributed by atoms with Gasteiger partial charge in [0.15, 0.2) is 5.75 Å². The Morgan fingerprint density at radius 3 is 2.67 bits per heavy atom. The molecule has 0 aromatic carbocycles. The maximum Gasteiger partial charge on any atom is 0.266 e. The second-order valence-electron chi connectivity index (χ2n) is 1.97. The molecule has 0 saturated carbocycles. The van der Waals surface area contributed by atoms with Crippen molar-refractivity contribution in [3.8, 4) is 5.75 Å². The van der Waals surface area contributed by atoms with E-state index in [-0.39, 0.29) is 19.5 Å². The average molecular weight is 350 g/mol. The lowest BCUT2D eigenvalue weighted by atomic mass is 10.3. The summed E-state index contributed by atoms with van der Waals surface area (Å²) in [6.45, 7) is 0. The van der Waals surface area contributed by atoms with Gasteiger partial charge in [0, 0.05) is 6.20 Å². The van der Waals surface area contributed by atoms with Crippen molar-refractivity contribution in [1.82, 2.24) is 4.98 Å². The van der Waals surface area contributed by atoms with Crippen molar-refractivity contribution in [2.45, 2.75) is 6.43 Å². The van der Waals surface area contributed by atoms with Crippen LogP contribution < -0.4 is 0 Å². The summed E-state index contributed by atoms with van der Waals surface area (Å²) >= 11 is 4.56. The predicted molar refractivity (Wildman–Crippen MR) is 51.3 cm³/mol. The third kappa shape index (κ3) is 1.85. The molecule has 1 heterocycles. The molecule has 1 N–H and O–H groups in total. The second-order valence-corrected chi connectivity index (χ2v) is 3.80. The molecule has 1 rings (SSSR count). The van der Waals surface area contributed by atoms with E-state index in [0.29, 0.717) is 0 Å². The minimum atomic E-state index is -2.61. The lowest BCUT2D eigenvalue weighted by molar-refractivity contribution is 0.149. The molecule has 0 bridgehead atoms. The highest BCUT2D eigenvalue weighted by Gasteiger charge is 2.16. The van der Waals surface area contributed by atoms with E-state index < -0.39 is 6.43 Å². The van der Waals surface area contributed by atoms with Crippen LogP contribution >= 0.6 is 38.5 Å². The molecule has 2 nitrogen and oxygen atoms in total. The fourth-order valence-electron chi connectivity index (χ4n) is 0.623. The second kappa shape index (κ2) is 3.82. The number of halogens is 4. The summed E-state index contributed by atoms with van der Waals surface area (Å²) in [5, 5.41) is 9.19. The summed E-state index contributed by atoms with van der Waals surface area (Å²) in [5.41, 5.74) is -0.253. The Hall–Kier alpha value is 0.0200. The number of alkyl halides is 2. The van der Waals surface area contributed by atoms with Crippen molar-refractivity contribution in [3.63, 3.8) is 0 Å². The van der Waals surface area contributed by atoms with Crippen molar-refractivity contribution in [1.29, 1.82) is 0 Å². The monoisotopic (exact) mass is 349 g/mol. The molecule has 0 aliphatic rings. The first kappa shape index (κ1) is 10.1. The number of hydrogen-bond donors (Lipinski definition) is 1. The van der Waals surface area contributed by atoms with E-state index in [4.69, 9.17) is 0 Å². The number of aromatic nitrogens is 1. The summed E-state index contributed by atoms with van der Waals surface area (Å²) in [7, 11) is 0. The SMILES string of the molecule is Oc1c(Br)ncc(C(F)F)c1I. The number of rotatable bonds is 1. The van der Waals surface area contributed by atoms with Crippen LogP contribution in [0.3, 0.4) is 0 Å². The van der Waals surface area contributed by atoms with Crippen molar-refractivity contribution in [2.75, 3.05) is 0 Å². The number of nitrogens with zero attached hydrogens (tertiary/aromatic N) is 1. The van der Waals surface area contributed by atoms with Crippen LogP contribution in [0.1, 0.15) is 12.0 Å². The van der Waals surface area contributed by atoms with Gasteiger partial charge < -0.3 is 5.11 Å². The van der Waals surface area contributed by atoms with Gasteiger partial charge in [-0.05, 0) is 38.5 Å². The van der Waals surface area contributed by atoms with Crippen molar-refractivity contribution >= 4 is 38.5 Å². The standard InChI is InChI=1S/C6H3BrF2INO/c7-5-4(12)3(10)2(1-11-5)6(8)9/h1,6,12H. The van der Waals surface area contributed by atoms with E-state index >= 15 is 0 Å². The molecular formula is C6H3BrF2INO. The molecule has 0 aliphatic carbocycles. The van der Waals surface area contributed by atoms with E-state index in [1.54, 1.807) is 22.6 Å². The number of aromatic hydroxyl groups is 1. The Labute approximate surface area is 89.3 Å². The van der Waals surface area contributed by atoms with Gasteiger partial charge in [-0.2, -0.15) is 0 Å². The molecule has 0 saturated heterocycles. The summed E-state index contributed by atoms with van der Waals surface area (Å²) in [4.78, 5) is 3.54. The zero-order valence-corrected chi connectivity index (χ0v) is 9.30. The van der Waals surface area contributed by atoms with Crippen LogP contribution in [0.15, 0.2) is 10.8 Å². The van der Waals surface area contributed by atoms with E-state index in [0.717, 1.165) is 6.20 Å². The van der Waals surface area contributed by atoms with Crippen molar-refractivity contribution in [3.05, 3.63) is 19.9 Å². The minimum Gasteiger partial charge on any atom is -0.504 e. The first-order chi connectivity index (χ1) is 5.54. The molecule has 0 amide bonds. The zero-order valence-electron chi connectivity index (χ0n) is 5.56. The third-order valence-corrected chi connectivity index (χ3v) is 2.92. The molecule has 0 aliphatic heterocycles. The average Bonchev–Trinajstić information content (AvgIpc) is 2.00. The minimum absolute atomic E-state index is 0.129. The van der Waals surface area contributed by atoms with Gasteiger partial charge in [-0.1, -0.05) is 0 Å². The smallest absolute Gasteiger partial charge is 0.266 e. The number of hydrogen-bond acceptors (Lipinski definition) is 2. The van der Waals surface area contributed by atoms with Crippen LogP contribution in [0.4, 0.5) is 8.78 Å². The Kier molecular flexibility index (Phi) is 3.22. The Morgan fingerprint density at radius 2 is 2.17 bits per heavy atom. The molecule has 0 atom stereocenters. The first-order valence-electron chi connectivity index (χ1n) is 2.85. The van der Waals surface area contributed by atoms with Gasteiger partial charge in [0.25, 0.3) is 6.43 Å². The molecule has 1 aromatic rings. The molecule has 0 spiro atoms. The van der Waals surface area contributed by atoms with E-state index in [1.807, 2.05) is 0 Å². The van der Waals surface area contributed by atoms with Gasteiger partial charge in [-0.25, -0.2) is 13.8 Å². The summed E-state index contributed by atoms with van der Waals surface area (Å²) in [6, 6.07) is 0.